The van der Waals surface area contributed by atoms with Gasteiger partial charge in [-0.3, -0.25) is 9.59 Å². The van der Waals surface area contributed by atoms with Gasteiger partial charge in [-0.15, -0.1) is 0 Å². The first kappa shape index (κ1) is 27.8. The van der Waals surface area contributed by atoms with E-state index in [2.05, 4.69) is 25.7 Å². The third-order valence-electron chi connectivity index (χ3n) is 5.36. The van der Waals surface area contributed by atoms with Crippen molar-refractivity contribution in [3.05, 3.63) is 6.33 Å². The van der Waals surface area contributed by atoms with Crippen molar-refractivity contribution >= 4 is 42.8 Å². The fraction of sp³-hybridized carbons (Fsp3) is 0.667. The molecule has 2 aromatic rings. The van der Waals surface area contributed by atoms with E-state index in [4.69, 9.17) is 19.9 Å². The lowest BCUT2D eigenvalue weighted by Crippen LogP contribution is -2.50. The van der Waals surface area contributed by atoms with E-state index in [1.54, 1.807) is 38.6 Å². The fourth-order valence-electron chi connectivity index (χ4n) is 3.33. The van der Waals surface area contributed by atoms with E-state index in [0.717, 1.165) is 12.8 Å². The van der Waals surface area contributed by atoms with Gasteiger partial charge in [0.25, 0.3) is 0 Å². The van der Waals surface area contributed by atoms with E-state index in [0.29, 0.717) is 29.6 Å². The maximum Gasteiger partial charge on any atom is 0.324 e. The maximum absolute atomic E-state index is 13.1. The predicted molar refractivity (Wildman–Crippen MR) is 133 cm³/mol. The Morgan fingerprint density at radius 2 is 1.92 bits per heavy atom. The standard InChI is InChI=1S/C21H35N8O6P/c1-5-34-19(30)13(3)27-29(14(4)20(31)35-6-2)36(32)12-33-10-9-28-11-23-16-17(24-15-7-8-15)25-21(22)26-18(16)28/h11,13-15,27,36H,5-10,12H2,1-4H3,(H3,22,24,25,26)/t13-,14-/m0/s1. The summed E-state index contributed by atoms with van der Waals surface area (Å²) in [6.45, 7) is 7.43. The Morgan fingerprint density at radius 3 is 2.58 bits per heavy atom. The van der Waals surface area contributed by atoms with Crippen LogP contribution < -0.4 is 16.5 Å². The molecule has 14 nitrogen and oxygen atoms in total. The minimum Gasteiger partial charge on any atom is -0.465 e. The molecule has 1 aliphatic carbocycles. The van der Waals surface area contributed by atoms with Crippen LogP contribution >= 0.6 is 7.95 Å². The lowest BCUT2D eigenvalue weighted by Gasteiger charge is -2.29. The summed E-state index contributed by atoms with van der Waals surface area (Å²) < 4.78 is 31.8. The largest absolute Gasteiger partial charge is 0.465 e. The Morgan fingerprint density at radius 1 is 1.22 bits per heavy atom. The first-order valence-electron chi connectivity index (χ1n) is 12.0. The number of carbonyl (C=O) groups is 2. The molecule has 0 aromatic carbocycles. The zero-order valence-corrected chi connectivity index (χ0v) is 22.0. The monoisotopic (exact) mass is 526 g/mol. The van der Waals surface area contributed by atoms with Crippen molar-refractivity contribution < 1.29 is 28.4 Å². The van der Waals surface area contributed by atoms with Crippen LogP contribution in [0, 0.1) is 0 Å². The van der Waals surface area contributed by atoms with Crippen LogP contribution in [0.25, 0.3) is 11.2 Å². The van der Waals surface area contributed by atoms with Crippen molar-refractivity contribution in [1.29, 1.82) is 0 Å². The lowest BCUT2D eigenvalue weighted by atomic mass is 10.3. The van der Waals surface area contributed by atoms with Crippen LogP contribution in [0.4, 0.5) is 11.8 Å². The van der Waals surface area contributed by atoms with E-state index in [1.807, 2.05) is 0 Å². The van der Waals surface area contributed by atoms with Crippen LogP contribution in [-0.4, -0.2) is 80.5 Å². The molecule has 0 saturated heterocycles. The van der Waals surface area contributed by atoms with E-state index in [9.17, 15) is 14.2 Å². The molecule has 3 atom stereocenters. The third-order valence-corrected chi connectivity index (χ3v) is 6.86. The zero-order chi connectivity index (χ0) is 26.2. The van der Waals surface area contributed by atoms with Gasteiger partial charge in [-0.2, -0.15) is 14.7 Å². The number of hydrogen-bond acceptors (Lipinski definition) is 12. The topological polar surface area (TPSA) is 176 Å². The second-order valence-corrected chi connectivity index (χ2v) is 9.86. The summed E-state index contributed by atoms with van der Waals surface area (Å²) in [5.74, 6) is -0.353. The number of aromatic nitrogens is 4. The molecular formula is C21H35N8O6P. The Balaban J connectivity index is 1.60. The Labute approximate surface area is 210 Å². The van der Waals surface area contributed by atoms with Crippen LogP contribution in [-0.2, 0) is 34.9 Å². The number of carbonyl (C=O) groups excluding carboxylic acids is 2. The minimum atomic E-state index is -2.67. The normalized spacial score (nSPS) is 16.0. The highest BCUT2D eigenvalue weighted by molar-refractivity contribution is 7.41. The summed E-state index contributed by atoms with van der Waals surface area (Å²) in [6, 6.07) is -1.35. The number of nitrogens with zero attached hydrogens (tertiary/aromatic N) is 5. The molecular weight excluding hydrogens is 491 g/mol. The molecule has 4 N–H and O–H groups in total. The van der Waals surface area contributed by atoms with Crippen LogP contribution in [0.5, 0.6) is 0 Å². The molecule has 2 heterocycles. The molecule has 0 spiro atoms. The molecule has 36 heavy (non-hydrogen) atoms. The molecule has 0 bridgehead atoms. The summed E-state index contributed by atoms with van der Waals surface area (Å²) in [5.41, 5.74) is 9.88. The summed E-state index contributed by atoms with van der Waals surface area (Å²) in [6.07, 6.45) is 3.63. The molecule has 1 unspecified atom stereocenters. The second kappa shape index (κ2) is 12.9. The summed E-state index contributed by atoms with van der Waals surface area (Å²) >= 11 is 0. The number of rotatable bonds is 15. The molecule has 1 aliphatic rings. The van der Waals surface area contributed by atoms with Crippen LogP contribution in [0.2, 0.25) is 0 Å². The van der Waals surface area contributed by atoms with Crippen molar-refractivity contribution in [3.8, 4) is 0 Å². The van der Waals surface area contributed by atoms with E-state index in [1.165, 1.54) is 4.78 Å². The number of nitrogen functional groups attached to an aromatic ring is 1. The van der Waals surface area contributed by atoms with Gasteiger partial charge in [0.05, 0.1) is 26.1 Å². The molecule has 3 rings (SSSR count). The number of nitrogens with two attached hydrogens (primary N) is 1. The van der Waals surface area contributed by atoms with Crippen LogP contribution in [0.3, 0.4) is 0 Å². The first-order valence-corrected chi connectivity index (χ1v) is 13.5. The molecule has 1 saturated carbocycles. The number of imidazole rings is 1. The fourth-order valence-corrected chi connectivity index (χ4v) is 4.67. The molecule has 0 aliphatic heterocycles. The van der Waals surface area contributed by atoms with Crippen molar-refractivity contribution in [3.63, 3.8) is 0 Å². The van der Waals surface area contributed by atoms with E-state index < -0.39 is 32.0 Å². The molecule has 2 aromatic heterocycles. The number of ether oxygens (including phenoxy) is 3. The van der Waals surface area contributed by atoms with Crippen molar-refractivity contribution in [2.75, 3.05) is 37.2 Å². The average Bonchev–Trinajstić information content (AvgIpc) is 3.57. The van der Waals surface area contributed by atoms with Gasteiger partial charge in [-0.25, -0.2) is 10.4 Å². The number of esters is 2. The van der Waals surface area contributed by atoms with E-state index in [-0.39, 0.29) is 32.1 Å². The zero-order valence-electron chi connectivity index (χ0n) is 21.0. The first-order chi connectivity index (χ1) is 17.2. The van der Waals surface area contributed by atoms with E-state index >= 15 is 0 Å². The molecule has 15 heteroatoms. The Bertz CT molecular complexity index is 1080. The summed E-state index contributed by atoms with van der Waals surface area (Å²) in [4.78, 5) is 37.3. The van der Waals surface area contributed by atoms with Gasteiger partial charge >= 0.3 is 11.9 Å². The highest BCUT2D eigenvalue weighted by Crippen LogP contribution is 2.29. The van der Waals surface area contributed by atoms with Gasteiger partial charge in [0, 0.05) is 12.6 Å². The number of hydrazine groups is 1. The number of hydrogen-bond donors (Lipinski definition) is 3. The summed E-state index contributed by atoms with van der Waals surface area (Å²) in [7, 11) is -2.67. The predicted octanol–water partition coefficient (Wildman–Crippen LogP) is 1.14. The molecule has 1 fully saturated rings. The van der Waals surface area contributed by atoms with Crippen molar-refractivity contribution in [1.82, 2.24) is 29.7 Å². The van der Waals surface area contributed by atoms with Crippen LogP contribution in [0.1, 0.15) is 40.5 Å². The number of anilines is 2. The van der Waals surface area contributed by atoms with Gasteiger partial charge < -0.3 is 34.4 Å². The molecule has 0 amide bonds. The number of nitrogens with one attached hydrogen (secondary N) is 2. The van der Waals surface area contributed by atoms with Gasteiger partial charge in [-0.1, -0.05) is 0 Å². The molecule has 0 radical (unpaired) electrons. The highest BCUT2D eigenvalue weighted by Gasteiger charge is 2.30. The van der Waals surface area contributed by atoms with Gasteiger partial charge in [0.1, 0.15) is 18.4 Å². The Hall–Kier alpha value is -2.80. The quantitative estimate of drug-likeness (QED) is 0.130. The smallest absolute Gasteiger partial charge is 0.324 e. The summed E-state index contributed by atoms with van der Waals surface area (Å²) in [5, 5.41) is 3.31. The Kier molecular flexibility index (Phi) is 9.99. The SMILES string of the molecule is CCOC(=O)[C@H](C)NN([C@@H](C)C(=O)OCC)[PH](=O)COCCn1cnc2c(NC3CC3)nc(N)nc21. The lowest BCUT2D eigenvalue weighted by molar-refractivity contribution is -0.151. The minimum absolute atomic E-state index is 0.142. The van der Waals surface area contributed by atoms with Gasteiger partial charge in [-0.05, 0) is 40.5 Å². The third kappa shape index (κ3) is 7.36. The van der Waals surface area contributed by atoms with Crippen molar-refractivity contribution in [2.45, 2.75) is 65.2 Å². The maximum atomic E-state index is 13.1. The second-order valence-electron chi connectivity index (χ2n) is 8.31. The van der Waals surface area contributed by atoms with Crippen LogP contribution in [0.15, 0.2) is 6.33 Å². The van der Waals surface area contributed by atoms with Gasteiger partial charge in [0.2, 0.25) is 5.95 Å². The molecule has 200 valence electrons. The number of fused-ring (bicyclic) bond motifs is 1. The average molecular weight is 527 g/mol. The highest BCUT2D eigenvalue weighted by atomic mass is 31.1. The van der Waals surface area contributed by atoms with Gasteiger partial charge in [0.15, 0.2) is 24.9 Å². The van der Waals surface area contributed by atoms with Crippen molar-refractivity contribution in [2.24, 2.45) is 0 Å².